The number of aromatic nitrogens is 1. The summed E-state index contributed by atoms with van der Waals surface area (Å²) in [6, 6.07) is 13.2. The summed E-state index contributed by atoms with van der Waals surface area (Å²) in [5, 5.41) is 8.15. The quantitative estimate of drug-likeness (QED) is 0.549. The molecular formula is C23H25N3O4S. The zero-order valence-electron chi connectivity index (χ0n) is 17.9. The van der Waals surface area contributed by atoms with Gasteiger partial charge in [0.1, 0.15) is 0 Å². The molecule has 0 spiro atoms. The highest BCUT2D eigenvalue weighted by atomic mass is 32.1. The van der Waals surface area contributed by atoms with Crippen molar-refractivity contribution >= 4 is 28.3 Å². The lowest BCUT2D eigenvalue weighted by Crippen LogP contribution is -2.23. The Labute approximate surface area is 185 Å². The van der Waals surface area contributed by atoms with Crippen LogP contribution in [0, 0.1) is 0 Å². The minimum atomic E-state index is -0.160. The number of amides is 2. The molecule has 1 unspecified atom stereocenters. The average Bonchev–Trinajstić information content (AvgIpc) is 3.21. The Morgan fingerprint density at radius 1 is 1.06 bits per heavy atom. The Morgan fingerprint density at radius 2 is 1.77 bits per heavy atom. The van der Waals surface area contributed by atoms with Crippen molar-refractivity contribution in [3.63, 3.8) is 0 Å². The molecule has 0 aliphatic heterocycles. The van der Waals surface area contributed by atoms with Crippen LogP contribution in [0.25, 0.3) is 11.3 Å². The summed E-state index contributed by atoms with van der Waals surface area (Å²) in [7, 11) is 3.13. The molecule has 0 saturated heterocycles. The van der Waals surface area contributed by atoms with Crippen LogP contribution < -0.4 is 20.1 Å². The number of hydrogen-bond acceptors (Lipinski definition) is 6. The molecule has 0 fully saturated rings. The second-order valence-electron chi connectivity index (χ2n) is 7.00. The van der Waals surface area contributed by atoms with Crippen LogP contribution in [0.1, 0.15) is 31.0 Å². The number of methoxy groups -OCH3 is 2. The molecule has 162 valence electrons. The number of anilines is 1. The van der Waals surface area contributed by atoms with Crippen molar-refractivity contribution in [1.29, 1.82) is 0 Å². The first-order valence-corrected chi connectivity index (χ1v) is 10.6. The molecule has 2 N–H and O–H groups in total. The van der Waals surface area contributed by atoms with E-state index in [2.05, 4.69) is 15.6 Å². The molecule has 1 heterocycles. The van der Waals surface area contributed by atoms with Crippen molar-refractivity contribution in [2.75, 3.05) is 19.5 Å². The van der Waals surface area contributed by atoms with E-state index in [0.717, 1.165) is 22.4 Å². The fourth-order valence-corrected chi connectivity index (χ4v) is 3.87. The van der Waals surface area contributed by atoms with Gasteiger partial charge in [-0.1, -0.05) is 30.3 Å². The van der Waals surface area contributed by atoms with Crippen molar-refractivity contribution in [2.24, 2.45) is 0 Å². The summed E-state index contributed by atoms with van der Waals surface area (Å²) < 4.78 is 10.5. The predicted octanol–water partition coefficient (Wildman–Crippen LogP) is 4.21. The van der Waals surface area contributed by atoms with Gasteiger partial charge in [0.25, 0.3) is 0 Å². The minimum Gasteiger partial charge on any atom is -0.493 e. The van der Waals surface area contributed by atoms with Gasteiger partial charge in [-0.3, -0.25) is 9.59 Å². The van der Waals surface area contributed by atoms with E-state index < -0.39 is 0 Å². The second-order valence-corrected chi connectivity index (χ2v) is 7.85. The first kappa shape index (κ1) is 22.3. The Hall–Kier alpha value is -3.39. The molecule has 0 saturated carbocycles. The van der Waals surface area contributed by atoms with Crippen LogP contribution in [0.4, 0.5) is 5.13 Å². The van der Waals surface area contributed by atoms with E-state index in [1.54, 1.807) is 26.4 Å². The topological polar surface area (TPSA) is 89.5 Å². The summed E-state index contributed by atoms with van der Waals surface area (Å²) in [6.45, 7) is 3.44. The van der Waals surface area contributed by atoms with Crippen LogP contribution in [-0.2, 0) is 16.0 Å². The van der Waals surface area contributed by atoms with Crippen molar-refractivity contribution < 1.29 is 19.1 Å². The third-order valence-corrected chi connectivity index (χ3v) is 5.45. The van der Waals surface area contributed by atoms with E-state index in [-0.39, 0.29) is 24.3 Å². The Kier molecular flexibility index (Phi) is 7.25. The molecule has 2 aromatic carbocycles. The highest BCUT2D eigenvalue weighted by molar-refractivity contribution is 7.14. The van der Waals surface area contributed by atoms with Crippen molar-refractivity contribution in [3.05, 3.63) is 59.0 Å². The zero-order chi connectivity index (χ0) is 22.4. The number of nitrogens with one attached hydrogen (secondary N) is 2. The number of nitrogens with zero attached hydrogens (tertiary/aromatic N) is 1. The van der Waals surface area contributed by atoms with E-state index in [1.807, 2.05) is 42.6 Å². The van der Waals surface area contributed by atoms with E-state index >= 15 is 0 Å². The van der Waals surface area contributed by atoms with E-state index in [1.165, 1.54) is 18.3 Å². The number of carbonyl (C=O) groups excluding carboxylic acids is 2. The van der Waals surface area contributed by atoms with Crippen LogP contribution >= 0.6 is 11.3 Å². The van der Waals surface area contributed by atoms with Crippen molar-refractivity contribution in [3.8, 4) is 22.8 Å². The van der Waals surface area contributed by atoms with Crippen LogP contribution in [0.15, 0.2) is 47.8 Å². The molecule has 3 aromatic rings. The number of ether oxygens (including phenoxy) is 2. The number of benzene rings is 2. The third-order valence-electron chi connectivity index (χ3n) is 4.69. The van der Waals surface area contributed by atoms with Crippen LogP contribution in [-0.4, -0.2) is 31.0 Å². The zero-order valence-corrected chi connectivity index (χ0v) is 18.7. The molecule has 1 aromatic heterocycles. The van der Waals surface area contributed by atoms with E-state index in [4.69, 9.17) is 9.47 Å². The molecule has 0 bridgehead atoms. The molecular weight excluding hydrogens is 414 g/mol. The lowest BCUT2D eigenvalue weighted by molar-refractivity contribution is -0.119. The number of thiazole rings is 1. The molecule has 0 aliphatic rings. The standard InChI is InChI=1S/C23H25N3O4S/c1-14(24-15(2)27)17-6-8-18(9-7-17)19-13-31-23(25-19)26-22(28)12-16-5-10-20(29-3)21(11-16)30-4/h5-11,13-14H,12H2,1-4H3,(H,24,27)(H,25,26,28). The summed E-state index contributed by atoms with van der Waals surface area (Å²) >= 11 is 1.37. The summed E-state index contributed by atoms with van der Waals surface area (Å²) in [5.41, 5.74) is 3.55. The van der Waals surface area contributed by atoms with Crippen LogP contribution in [0.2, 0.25) is 0 Å². The van der Waals surface area contributed by atoms with Gasteiger partial charge in [-0.25, -0.2) is 4.98 Å². The van der Waals surface area contributed by atoms with Crippen LogP contribution in [0.5, 0.6) is 11.5 Å². The maximum absolute atomic E-state index is 12.4. The predicted molar refractivity (Wildman–Crippen MR) is 122 cm³/mol. The van der Waals surface area contributed by atoms with Gasteiger partial charge >= 0.3 is 0 Å². The summed E-state index contributed by atoms with van der Waals surface area (Å²) in [6.07, 6.45) is 0.199. The van der Waals surface area contributed by atoms with Gasteiger partial charge in [-0.15, -0.1) is 11.3 Å². The second kappa shape index (κ2) is 10.1. The molecule has 31 heavy (non-hydrogen) atoms. The average molecular weight is 440 g/mol. The van der Waals surface area contributed by atoms with E-state index in [0.29, 0.717) is 16.6 Å². The maximum atomic E-state index is 12.4. The Bertz CT molecular complexity index is 1060. The van der Waals surface area contributed by atoms with Gasteiger partial charge in [0.15, 0.2) is 16.6 Å². The molecule has 1 atom stereocenters. The van der Waals surface area contributed by atoms with Gasteiger partial charge in [-0.05, 0) is 30.2 Å². The minimum absolute atomic E-state index is 0.0617. The van der Waals surface area contributed by atoms with Gasteiger partial charge in [0.2, 0.25) is 11.8 Å². The normalized spacial score (nSPS) is 11.5. The monoisotopic (exact) mass is 439 g/mol. The molecule has 2 amide bonds. The van der Waals surface area contributed by atoms with Crippen LogP contribution in [0.3, 0.4) is 0 Å². The van der Waals surface area contributed by atoms with Gasteiger partial charge < -0.3 is 20.1 Å². The molecule has 7 nitrogen and oxygen atoms in total. The first-order chi connectivity index (χ1) is 14.9. The fourth-order valence-electron chi connectivity index (χ4n) is 3.13. The van der Waals surface area contributed by atoms with E-state index in [9.17, 15) is 9.59 Å². The molecule has 3 rings (SSSR count). The highest BCUT2D eigenvalue weighted by Gasteiger charge is 2.12. The van der Waals surface area contributed by atoms with Crippen molar-refractivity contribution in [1.82, 2.24) is 10.3 Å². The molecule has 0 radical (unpaired) electrons. The number of carbonyl (C=O) groups is 2. The fraction of sp³-hybridized carbons (Fsp3) is 0.261. The number of rotatable bonds is 8. The summed E-state index contributed by atoms with van der Waals surface area (Å²) in [5.74, 6) is 0.978. The Balaban J connectivity index is 1.63. The lowest BCUT2D eigenvalue weighted by Gasteiger charge is -2.13. The summed E-state index contributed by atoms with van der Waals surface area (Å²) in [4.78, 5) is 28.2. The SMILES string of the molecule is COc1ccc(CC(=O)Nc2nc(-c3ccc(C(C)NC(C)=O)cc3)cs2)cc1OC. The lowest BCUT2D eigenvalue weighted by atomic mass is 10.1. The van der Waals surface area contributed by atoms with Gasteiger partial charge in [-0.2, -0.15) is 0 Å². The molecule has 8 heteroatoms. The largest absolute Gasteiger partial charge is 0.493 e. The Morgan fingerprint density at radius 3 is 2.42 bits per heavy atom. The smallest absolute Gasteiger partial charge is 0.230 e. The van der Waals surface area contributed by atoms with Gasteiger partial charge in [0, 0.05) is 17.9 Å². The van der Waals surface area contributed by atoms with Crippen molar-refractivity contribution in [2.45, 2.75) is 26.3 Å². The maximum Gasteiger partial charge on any atom is 0.230 e. The van der Waals surface area contributed by atoms with Gasteiger partial charge in [0.05, 0.1) is 32.4 Å². The first-order valence-electron chi connectivity index (χ1n) is 9.73. The highest BCUT2D eigenvalue weighted by Crippen LogP contribution is 2.29. The number of hydrogen-bond donors (Lipinski definition) is 2. The molecule has 0 aliphatic carbocycles. The third kappa shape index (κ3) is 5.82.